The molecule has 2 rings (SSSR count). The van der Waals surface area contributed by atoms with Gasteiger partial charge in [-0.25, -0.2) is 0 Å². The van der Waals surface area contributed by atoms with E-state index in [-0.39, 0.29) is 0 Å². The van der Waals surface area contributed by atoms with E-state index in [0.29, 0.717) is 0 Å². The minimum atomic E-state index is 0.736. The second kappa shape index (κ2) is 6.83. The van der Waals surface area contributed by atoms with Crippen molar-refractivity contribution in [2.45, 2.75) is 26.2 Å². The van der Waals surface area contributed by atoms with Gasteiger partial charge in [0.25, 0.3) is 0 Å². The maximum atomic E-state index is 5.75. The average Bonchev–Trinajstić information content (AvgIpc) is 2.44. The van der Waals surface area contributed by atoms with Crippen LogP contribution in [0.15, 0.2) is 48.5 Å². The van der Waals surface area contributed by atoms with Gasteiger partial charge in [0.2, 0.25) is 0 Å². The van der Waals surface area contributed by atoms with E-state index in [2.05, 4.69) is 25.1 Å². The van der Waals surface area contributed by atoms with Gasteiger partial charge >= 0.3 is 0 Å². The fraction of sp³-hybridized carbons (Fsp3) is 0.294. The van der Waals surface area contributed by atoms with Gasteiger partial charge in [-0.3, -0.25) is 0 Å². The Hall–Kier alpha value is -1.96. The fourth-order valence-electron chi connectivity index (χ4n) is 2.04. The SMILES string of the molecule is CCc1ccc(OCCCc2cccc(N)c2)cc1. The van der Waals surface area contributed by atoms with Crippen molar-refractivity contribution in [3.8, 4) is 5.75 Å². The van der Waals surface area contributed by atoms with Crippen LogP contribution in [0.2, 0.25) is 0 Å². The lowest BCUT2D eigenvalue weighted by Crippen LogP contribution is -1.99. The molecule has 2 heteroatoms. The summed E-state index contributed by atoms with van der Waals surface area (Å²) in [5, 5.41) is 0. The van der Waals surface area contributed by atoms with Gasteiger partial charge in [-0.2, -0.15) is 0 Å². The van der Waals surface area contributed by atoms with Crippen LogP contribution < -0.4 is 10.5 Å². The zero-order valence-electron chi connectivity index (χ0n) is 11.4. The summed E-state index contributed by atoms with van der Waals surface area (Å²) >= 11 is 0. The van der Waals surface area contributed by atoms with E-state index in [1.165, 1.54) is 11.1 Å². The van der Waals surface area contributed by atoms with Crippen LogP contribution in [-0.4, -0.2) is 6.61 Å². The maximum absolute atomic E-state index is 5.75. The third-order valence-corrected chi connectivity index (χ3v) is 3.16. The van der Waals surface area contributed by atoms with Gasteiger partial charge in [0.15, 0.2) is 0 Å². The molecule has 19 heavy (non-hydrogen) atoms. The number of benzene rings is 2. The topological polar surface area (TPSA) is 35.2 Å². The number of hydrogen-bond donors (Lipinski definition) is 1. The number of hydrogen-bond acceptors (Lipinski definition) is 2. The molecule has 2 aromatic carbocycles. The first kappa shape index (κ1) is 13.5. The molecule has 0 aliphatic heterocycles. The van der Waals surface area contributed by atoms with Gasteiger partial charge in [0.05, 0.1) is 6.61 Å². The van der Waals surface area contributed by atoms with Gasteiger partial charge in [0.1, 0.15) is 5.75 Å². The molecule has 2 nitrogen and oxygen atoms in total. The van der Waals surface area contributed by atoms with E-state index in [1.54, 1.807) is 0 Å². The van der Waals surface area contributed by atoms with Gasteiger partial charge in [-0.15, -0.1) is 0 Å². The van der Waals surface area contributed by atoms with Crippen LogP contribution in [0.25, 0.3) is 0 Å². The Morgan fingerprint density at radius 2 is 1.79 bits per heavy atom. The number of anilines is 1. The van der Waals surface area contributed by atoms with E-state index in [1.807, 2.05) is 30.3 Å². The molecule has 0 aromatic heterocycles. The number of nitrogen functional groups attached to an aromatic ring is 1. The third kappa shape index (κ3) is 4.32. The van der Waals surface area contributed by atoms with Crippen molar-refractivity contribution in [2.24, 2.45) is 0 Å². The molecule has 0 saturated heterocycles. The number of nitrogens with two attached hydrogens (primary N) is 1. The van der Waals surface area contributed by atoms with Crippen LogP contribution in [0.4, 0.5) is 5.69 Å². The van der Waals surface area contributed by atoms with Crippen LogP contribution in [0.5, 0.6) is 5.75 Å². The lowest BCUT2D eigenvalue weighted by atomic mass is 10.1. The first-order chi connectivity index (χ1) is 9.28. The highest BCUT2D eigenvalue weighted by Crippen LogP contribution is 2.13. The van der Waals surface area contributed by atoms with E-state index in [4.69, 9.17) is 10.5 Å². The van der Waals surface area contributed by atoms with Gasteiger partial charge in [-0.1, -0.05) is 31.2 Å². The molecule has 0 unspecified atom stereocenters. The van der Waals surface area contributed by atoms with Crippen LogP contribution in [0, 0.1) is 0 Å². The highest BCUT2D eigenvalue weighted by atomic mass is 16.5. The van der Waals surface area contributed by atoms with Crippen molar-refractivity contribution in [1.29, 1.82) is 0 Å². The molecule has 0 aliphatic rings. The van der Waals surface area contributed by atoms with Crippen LogP contribution in [0.1, 0.15) is 24.5 Å². The number of ether oxygens (including phenoxy) is 1. The van der Waals surface area contributed by atoms with E-state index in [9.17, 15) is 0 Å². The lowest BCUT2D eigenvalue weighted by Gasteiger charge is -2.07. The average molecular weight is 255 g/mol. The molecular weight excluding hydrogens is 234 g/mol. The molecule has 0 amide bonds. The summed E-state index contributed by atoms with van der Waals surface area (Å²) in [5.74, 6) is 0.949. The summed E-state index contributed by atoms with van der Waals surface area (Å²) in [7, 11) is 0. The number of aryl methyl sites for hydroxylation is 2. The Morgan fingerprint density at radius 1 is 1.00 bits per heavy atom. The molecule has 0 heterocycles. The first-order valence-corrected chi connectivity index (χ1v) is 6.84. The molecule has 0 radical (unpaired) electrons. The first-order valence-electron chi connectivity index (χ1n) is 6.84. The largest absolute Gasteiger partial charge is 0.494 e. The van der Waals surface area contributed by atoms with Crippen molar-refractivity contribution in [2.75, 3.05) is 12.3 Å². The van der Waals surface area contributed by atoms with Crippen LogP contribution in [-0.2, 0) is 12.8 Å². The van der Waals surface area contributed by atoms with Crippen molar-refractivity contribution in [3.05, 3.63) is 59.7 Å². The zero-order chi connectivity index (χ0) is 13.5. The minimum Gasteiger partial charge on any atom is -0.494 e. The Bertz CT molecular complexity index is 505. The van der Waals surface area contributed by atoms with Crippen LogP contribution in [0.3, 0.4) is 0 Å². The summed E-state index contributed by atoms with van der Waals surface area (Å²) in [6.45, 7) is 2.89. The zero-order valence-corrected chi connectivity index (χ0v) is 11.4. The van der Waals surface area contributed by atoms with Crippen molar-refractivity contribution < 1.29 is 4.74 Å². The Labute approximate surface area is 115 Å². The number of rotatable bonds is 6. The molecule has 0 bridgehead atoms. The molecule has 0 saturated carbocycles. The van der Waals surface area contributed by atoms with Crippen LogP contribution >= 0.6 is 0 Å². The highest BCUT2D eigenvalue weighted by molar-refractivity contribution is 5.40. The molecular formula is C17H21NO. The highest BCUT2D eigenvalue weighted by Gasteiger charge is 1.97. The van der Waals surface area contributed by atoms with Gasteiger partial charge < -0.3 is 10.5 Å². The second-order valence-corrected chi connectivity index (χ2v) is 4.69. The summed E-state index contributed by atoms with van der Waals surface area (Å²) in [6, 6.07) is 16.4. The smallest absolute Gasteiger partial charge is 0.119 e. The molecule has 2 aromatic rings. The standard InChI is InChI=1S/C17H21NO/c1-2-14-8-10-17(11-9-14)19-12-4-6-15-5-3-7-16(18)13-15/h3,5,7-11,13H,2,4,6,12,18H2,1H3. The minimum absolute atomic E-state index is 0.736. The Morgan fingerprint density at radius 3 is 2.47 bits per heavy atom. The van der Waals surface area contributed by atoms with Crippen molar-refractivity contribution in [1.82, 2.24) is 0 Å². The van der Waals surface area contributed by atoms with E-state index < -0.39 is 0 Å². The summed E-state index contributed by atoms with van der Waals surface area (Å²) in [6.07, 6.45) is 3.06. The van der Waals surface area contributed by atoms with E-state index in [0.717, 1.165) is 37.3 Å². The maximum Gasteiger partial charge on any atom is 0.119 e. The molecule has 100 valence electrons. The third-order valence-electron chi connectivity index (χ3n) is 3.16. The Balaban J connectivity index is 1.74. The lowest BCUT2D eigenvalue weighted by molar-refractivity contribution is 0.311. The molecule has 0 aliphatic carbocycles. The second-order valence-electron chi connectivity index (χ2n) is 4.69. The summed E-state index contributed by atoms with van der Waals surface area (Å²) in [4.78, 5) is 0. The monoisotopic (exact) mass is 255 g/mol. The molecule has 0 spiro atoms. The van der Waals surface area contributed by atoms with Gasteiger partial charge in [-0.05, 0) is 54.7 Å². The Kier molecular flexibility index (Phi) is 4.85. The van der Waals surface area contributed by atoms with Crippen molar-refractivity contribution >= 4 is 5.69 Å². The molecule has 2 N–H and O–H groups in total. The normalized spacial score (nSPS) is 10.4. The quantitative estimate of drug-likeness (QED) is 0.628. The summed E-state index contributed by atoms with van der Waals surface area (Å²) in [5.41, 5.74) is 9.19. The van der Waals surface area contributed by atoms with Gasteiger partial charge in [0, 0.05) is 5.69 Å². The predicted octanol–water partition coefficient (Wildman–Crippen LogP) is 3.84. The molecule has 0 atom stereocenters. The molecule has 0 fully saturated rings. The predicted molar refractivity (Wildman–Crippen MR) is 80.5 cm³/mol. The van der Waals surface area contributed by atoms with Crippen molar-refractivity contribution in [3.63, 3.8) is 0 Å². The van der Waals surface area contributed by atoms with E-state index >= 15 is 0 Å². The summed E-state index contributed by atoms with van der Waals surface area (Å²) < 4.78 is 5.73. The fourth-order valence-corrected chi connectivity index (χ4v) is 2.04.